The van der Waals surface area contributed by atoms with E-state index in [1.54, 1.807) is 48.5 Å². The number of anilines is 1. The summed E-state index contributed by atoms with van der Waals surface area (Å²) in [6.45, 7) is 1.90. The molecule has 3 aromatic carbocycles. The number of rotatable bonds is 11. The van der Waals surface area contributed by atoms with Gasteiger partial charge in [0.05, 0.1) is 18.1 Å². The lowest BCUT2D eigenvalue weighted by Crippen LogP contribution is -2.48. The number of H-pyrrole nitrogens is 1. The van der Waals surface area contributed by atoms with Crippen LogP contribution in [0.25, 0.3) is 22.5 Å². The molecule has 0 radical (unpaired) electrons. The molecule has 2 fully saturated rings. The molecule has 13 nitrogen and oxygen atoms in total. The maximum absolute atomic E-state index is 13.8. The van der Waals surface area contributed by atoms with Crippen molar-refractivity contribution in [3.63, 3.8) is 0 Å². The highest BCUT2D eigenvalue weighted by Crippen LogP contribution is 2.31. The first-order valence-electron chi connectivity index (χ1n) is 16.2. The molecule has 2 aliphatic rings. The number of nitrogens with zero attached hydrogens (tertiary/aromatic N) is 4. The molecule has 49 heavy (non-hydrogen) atoms. The summed E-state index contributed by atoms with van der Waals surface area (Å²) in [4.78, 5) is 27.5. The standard InChI is InChI=1S/C34H40N8O5S.ClH/c35-22-23-8-10-26(11-9-23)33(43)37-30(34(44)36-28-14-12-25(13-15-28)32-38-40-41-39-32)21-24-4-3-5-27(20-24)29-6-1-2-7-31(29)48(45,46)42-16-18-47-19-17-42;/h1-7,12-15,20,23,26,30H,8-11,16-19,21-22,35H2,(H,36,44)(H,37,43)(H,38,39,40,41);1H/t23?,26?,30-;/m0./s1. The van der Waals surface area contributed by atoms with E-state index in [0.717, 1.165) is 36.8 Å². The first-order chi connectivity index (χ1) is 23.3. The van der Waals surface area contributed by atoms with Crippen molar-refractivity contribution >= 4 is 39.9 Å². The second-order valence-electron chi connectivity index (χ2n) is 12.2. The van der Waals surface area contributed by atoms with Gasteiger partial charge in [0.1, 0.15) is 6.04 Å². The first-order valence-corrected chi connectivity index (χ1v) is 17.7. The zero-order chi connectivity index (χ0) is 33.5. The van der Waals surface area contributed by atoms with E-state index in [2.05, 4.69) is 31.3 Å². The number of morpholine rings is 1. The number of aromatic nitrogens is 4. The number of carbonyl (C=O) groups excluding carboxylic acids is 2. The Kier molecular flexibility index (Phi) is 12.1. The average Bonchev–Trinajstić information content (AvgIpc) is 3.67. The van der Waals surface area contributed by atoms with E-state index in [9.17, 15) is 18.0 Å². The molecule has 0 bridgehead atoms. The molecule has 1 aliphatic carbocycles. The van der Waals surface area contributed by atoms with Crippen LogP contribution in [0, 0.1) is 11.8 Å². The number of amides is 2. The molecule has 1 aliphatic heterocycles. The largest absolute Gasteiger partial charge is 0.379 e. The van der Waals surface area contributed by atoms with Crippen LogP contribution in [0.3, 0.4) is 0 Å². The van der Waals surface area contributed by atoms with Crippen molar-refractivity contribution < 1.29 is 22.7 Å². The summed E-state index contributed by atoms with van der Waals surface area (Å²) in [5, 5.41) is 19.9. The molecule has 2 amide bonds. The lowest BCUT2D eigenvalue weighted by molar-refractivity contribution is -0.130. The minimum atomic E-state index is -3.77. The smallest absolute Gasteiger partial charge is 0.247 e. The van der Waals surface area contributed by atoms with Gasteiger partial charge in [-0.2, -0.15) is 9.52 Å². The zero-order valence-electron chi connectivity index (χ0n) is 27.0. The van der Waals surface area contributed by atoms with Crippen LogP contribution in [0.1, 0.15) is 31.2 Å². The van der Waals surface area contributed by atoms with Gasteiger partial charge < -0.3 is 21.1 Å². The van der Waals surface area contributed by atoms with E-state index in [-0.39, 0.29) is 41.5 Å². The van der Waals surface area contributed by atoms with Gasteiger partial charge in [-0.25, -0.2) is 8.42 Å². The SMILES string of the molecule is Cl.NCC1CCC(C(=O)N[C@@H](Cc2cccc(-c3ccccc3S(=O)(=O)N3CCOCC3)c2)C(=O)Nc2ccc(-c3nn[nH]n3)cc2)CC1. The highest BCUT2D eigenvalue weighted by atomic mass is 35.5. The van der Waals surface area contributed by atoms with Gasteiger partial charge in [0.15, 0.2) is 0 Å². The molecule has 0 unspecified atom stereocenters. The van der Waals surface area contributed by atoms with Gasteiger partial charge in [0, 0.05) is 42.2 Å². The Balaban J connectivity index is 0.00000468. The van der Waals surface area contributed by atoms with Crippen LogP contribution in [-0.4, -0.2) is 84.1 Å². The predicted molar refractivity (Wildman–Crippen MR) is 187 cm³/mol. The Morgan fingerprint density at radius 1 is 0.959 bits per heavy atom. The summed E-state index contributed by atoms with van der Waals surface area (Å²) in [5.74, 6) is 0.131. The van der Waals surface area contributed by atoms with Crippen LogP contribution < -0.4 is 16.4 Å². The lowest BCUT2D eigenvalue weighted by Gasteiger charge is -2.28. The maximum Gasteiger partial charge on any atom is 0.247 e. The number of nitrogens with one attached hydrogen (secondary N) is 3. The minimum Gasteiger partial charge on any atom is -0.379 e. The fourth-order valence-corrected chi connectivity index (χ4v) is 7.96. The van der Waals surface area contributed by atoms with Crippen LogP contribution in [0.5, 0.6) is 0 Å². The Morgan fingerprint density at radius 3 is 2.39 bits per heavy atom. The monoisotopic (exact) mass is 708 g/mol. The van der Waals surface area contributed by atoms with Gasteiger partial charge in [0.2, 0.25) is 27.7 Å². The third-order valence-corrected chi connectivity index (χ3v) is 11.0. The van der Waals surface area contributed by atoms with E-state index in [1.165, 1.54) is 4.31 Å². The number of tetrazole rings is 1. The summed E-state index contributed by atoms with van der Waals surface area (Å²) in [7, 11) is -3.77. The zero-order valence-corrected chi connectivity index (χ0v) is 28.6. The second kappa shape index (κ2) is 16.5. The van der Waals surface area contributed by atoms with Crippen molar-refractivity contribution in [3.8, 4) is 22.5 Å². The fraction of sp³-hybridized carbons (Fsp3) is 0.382. The highest BCUT2D eigenvalue weighted by Gasteiger charge is 2.31. The quantitative estimate of drug-likeness (QED) is 0.181. The normalized spacial score (nSPS) is 19.0. The number of aromatic amines is 1. The molecule has 1 aromatic heterocycles. The number of halogens is 1. The van der Waals surface area contributed by atoms with Crippen LogP contribution in [0.2, 0.25) is 0 Å². The highest BCUT2D eigenvalue weighted by molar-refractivity contribution is 7.89. The average molecular weight is 709 g/mol. The molecule has 5 N–H and O–H groups in total. The summed E-state index contributed by atoms with van der Waals surface area (Å²) >= 11 is 0. The Bertz CT molecular complexity index is 1810. The third-order valence-electron chi connectivity index (χ3n) is 9.09. The molecule has 0 spiro atoms. The molecule has 2 heterocycles. The minimum absolute atomic E-state index is 0. The summed E-state index contributed by atoms with van der Waals surface area (Å²) in [6.07, 6.45) is 3.41. The molecule has 260 valence electrons. The number of nitrogens with two attached hydrogens (primary N) is 1. The molecular formula is C34H41ClN8O5S. The van der Waals surface area contributed by atoms with Crippen LogP contribution in [0.4, 0.5) is 5.69 Å². The van der Waals surface area contributed by atoms with Crippen molar-refractivity contribution in [1.82, 2.24) is 30.2 Å². The van der Waals surface area contributed by atoms with E-state index in [1.807, 2.05) is 24.3 Å². The van der Waals surface area contributed by atoms with E-state index in [0.29, 0.717) is 61.4 Å². The number of benzene rings is 3. The Hall–Kier alpha value is -4.21. The fourth-order valence-electron chi connectivity index (χ4n) is 6.33. The molecule has 6 rings (SSSR count). The van der Waals surface area contributed by atoms with Gasteiger partial charge in [0.25, 0.3) is 0 Å². The summed E-state index contributed by atoms with van der Waals surface area (Å²) in [6, 6.07) is 20.5. The first kappa shape index (κ1) is 36.1. The molecule has 1 saturated carbocycles. The van der Waals surface area contributed by atoms with Crippen molar-refractivity contribution in [1.29, 1.82) is 0 Å². The molecule has 1 saturated heterocycles. The summed E-state index contributed by atoms with van der Waals surface area (Å²) < 4.78 is 34.1. The number of hydrogen-bond acceptors (Lipinski definition) is 9. The topological polar surface area (TPSA) is 185 Å². The van der Waals surface area contributed by atoms with Crippen molar-refractivity contribution in [2.45, 2.75) is 43.0 Å². The van der Waals surface area contributed by atoms with Gasteiger partial charge >= 0.3 is 0 Å². The van der Waals surface area contributed by atoms with Gasteiger partial charge in [-0.3, -0.25) is 9.59 Å². The van der Waals surface area contributed by atoms with Crippen LogP contribution in [-0.2, 0) is 30.8 Å². The van der Waals surface area contributed by atoms with E-state index < -0.39 is 16.1 Å². The Morgan fingerprint density at radius 2 is 1.69 bits per heavy atom. The number of hydrogen-bond donors (Lipinski definition) is 4. The lowest BCUT2D eigenvalue weighted by atomic mass is 9.81. The predicted octanol–water partition coefficient (Wildman–Crippen LogP) is 3.41. The van der Waals surface area contributed by atoms with Crippen molar-refractivity contribution in [2.75, 3.05) is 38.2 Å². The van der Waals surface area contributed by atoms with Crippen molar-refractivity contribution in [3.05, 3.63) is 78.4 Å². The number of carbonyl (C=O) groups is 2. The third kappa shape index (κ3) is 8.69. The maximum atomic E-state index is 13.8. The number of ether oxygens (including phenoxy) is 1. The van der Waals surface area contributed by atoms with Crippen LogP contribution >= 0.6 is 12.4 Å². The number of sulfonamides is 1. The molecule has 15 heteroatoms. The van der Waals surface area contributed by atoms with Gasteiger partial charge in [-0.1, -0.05) is 42.5 Å². The second-order valence-corrected chi connectivity index (χ2v) is 14.1. The van der Waals surface area contributed by atoms with Crippen LogP contribution in [0.15, 0.2) is 77.7 Å². The van der Waals surface area contributed by atoms with E-state index >= 15 is 0 Å². The van der Waals surface area contributed by atoms with Gasteiger partial charge in [-0.15, -0.1) is 22.6 Å². The molecule has 4 aromatic rings. The summed E-state index contributed by atoms with van der Waals surface area (Å²) in [5.41, 5.74) is 9.17. The van der Waals surface area contributed by atoms with E-state index in [4.69, 9.17) is 10.5 Å². The molecular weight excluding hydrogens is 668 g/mol. The van der Waals surface area contributed by atoms with Crippen molar-refractivity contribution in [2.24, 2.45) is 17.6 Å². The molecule has 1 atom stereocenters. The Labute approximate surface area is 291 Å². The van der Waals surface area contributed by atoms with Gasteiger partial charge in [-0.05, 0) is 84.8 Å².